The van der Waals surface area contributed by atoms with Gasteiger partial charge in [-0.2, -0.15) is 0 Å². The summed E-state index contributed by atoms with van der Waals surface area (Å²) in [5, 5.41) is 0. The molecular formula is C18H24O4. The number of hydrogen-bond donors (Lipinski definition) is 0. The molecule has 1 atom stereocenters. The van der Waals surface area contributed by atoms with Gasteiger partial charge in [-0.3, -0.25) is 0 Å². The summed E-state index contributed by atoms with van der Waals surface area (Å²) in [5.74, 6) is 0.893. The van der Waals surface area contributed by atoms with Gasteiger partial charge in [0.25, 0.3) is 0 Å². The lowest BCUT2D eigenvalue weighted by Crippen LogP contribution is -2.17. The van der Waals surface area contributed by atoms with Crippen LogP contribution >= 0.6 is 0 Å². The molecule has 0 saturated heterocycles. The van der Waals surface area contributed by atoms with Gasteiger partial charge in [-0.1, -0.05) is 12.2 Å². The summed E-state index contributed by atoms with van der Waals surface area (Å²) >= 11 is 0. The number of ether oxygens (including phenoxy) is 3. The van der Waals surface area contributed by atoms with Gasteiger partial charge in [0, 0.05) is 6.07 Å². The second-order valence-electron chi connectivity index (χ2n) is 5.52. The Balaban J connectivity index is 2.41. The van der Waals surface area contributed by atoms with Crippen molar-refractivity contribution in [2.75, 3.05) is 14.2 Å². The van der Waals surface area contributed by atoms with E-state index in [9.17, 15) is 4.79 Å². The van der Waals surface area contributed by atoms with E-state index < -0.39 is 0 Å². The van der Waals surface area contributed by atoms with Crippen molar-refractivity contribution in [2.24, 2.45) is 0 Å². The first-order chi connectivity index (χ1) is 10.7. The first-order valence-electron chi connectivity index (χ1n) is 7.76. The Kier molecular flexibility index (Phi) is 5.87. The number of methoxy groups -OCH3 is 2. The predicted octanol–water partition coefficient (Wildman–Crippen LogP) is 3.92. The highest BCUT2D eigenvalue weighted by Gasteiger charge is 2.22. The van der Waals surface area contributed by atoms with Crippen molar-refractivity contribution in [3.05, 3.63) is 35.4 Å². The van der Waals surface area contributed by atoms with Gasteiger partial charge < -0.3 is 14.2 Å². The van der Waals surface area contributed by atoms with E-state index >= 15 is 0 Å². The van der Waals surface area contributed by atoms with Crippen molar-refractivity contribution >= 4 is 5.97 Å². The number of allylic oxidation sites excluding steroid dienone is 2. The van der Waals surface area contributed by atoms with Crippen molar-refractivity contribution in [1.29, 1.82) is 0 Å². The number of benzene rings is 1. The molecule has 120 valence electrons. The first kappa shape index (κ1) is 16.4. The fraction of sp³-hybridized carbons (Fsp3) is 0.500. The average molecular weight is 304 g/mol. The van der Waals surface area contributed by atoms with Crippen LogP contribution in [0, 0.1) is 0 Å². The molecule has 2 rings (SSSR count). The molecule has 0 spiro atoms. The number of rotatable bonds is 2. The number of carbonyl (C=O) groups is 1. The number of esters is 1. The third-order valence-electron chi connectivity index (χ3n) is 3.85. The Hall–Kier alpha value is -1.97. The Morgan fingerprint density at radius 1 is 1.14 bits per heavy atom. The Labute approximate surface area is 132 Å². The zero-order chi connectivity index (χ0) is 15.9. The summed E-state index contributed by atoms with van der Waals surface area (Å²) in [6.07, 6.45) is 8.78. The van der Waals surface area contributed by atoms with E-state index in [2.05, 4.69) is 12.2 Å². The summed E-state index contributed by atoms with van der Waals surface area (Å²) in [6.45, 7) is 1.92. The van der Waals surface area contributed by atoms with Crippen LogP contribution in [0.25, 0.3) is 0 Å². The lowest BCUT2D eigenvalue weighted by molar-refractivity contribution is 0.0321. The SMILES string of the molecule is COc1cc2c(c(OC)c1)C(=O)O[C@H](C)CC/C=C\CCC2. The van der Waals surface area contributed by atoms with Gasteiger partial charge in [-0.25, -0.2) is 4.79 Å². The van der Waals surface area contributed by atoms with Crippen LogP contribution in [0.15, 0.2) is 24.3 Å². The van der Waals surface area contributed by atoms with Gasteiger partial charge in [-0.15, -0.1) is 0 Å². The average Bonchev–Trinajstić information content (AvgIpc) is 2.51. The summed E-state index contributed by atoms with van der Waals surface area (Å²) < 4.78 is 16.3. The molecule has 1 aromatic carbocycles. The van der Waals surface area contributed by atoms with E-state index in [0.29, 0.717) is 17.1 Å². The van der Waals surface area contributed by atoms with E-state index in [0.717, 1.165) is 37.7 Å². The monoisotopic (exact) mass is 304 g/mol. The van der Waals surface area contributed by atoms with E-state index in [4.69, 9.17) is 14.2 Å². The van der Waals surface area contributed by atoms with Gasteiger partial charge >= 0.3 is 5.97 Å². The van der Waals surface area contributed by atoms with Crippen molar-refractivity contribution in [1.82, 2.24) is 0 Å². The Morgan fingerprint density at radius 3 is 2.64 bits per heavy atom. The van der Waals surface area contributed by atoms with Crippen LogP contribution in [0.4, 0.5) is 0 Å². The van der Waals surface area contributed by atoms with Crippen molar-refractivity contribution in [2.45, 2.75) is 45.1 Å². The molecule has 4 nitrogen and oxygen atoms in total. The molecular weight excluding hydrogens is 280 g/mol. The van der Waals surface area contributed by atoms with E-state index in [1.165, 1.54) is 0 Å². The smallest absolute Gasteiger partial charge is 0.342 e. The van der Waals surface area contributed by atoms with Crippen LogP contribution in [-0.2, 0) is 11.2 Å². The number of fused-ring (bicyclic) bond motifs is 1. The maximum absolute atomic E-state index is 12.6. The molecule has 1 aliphatic heterocycles. The third-order valence-corrected chi connectivity index (χ3v) is 3.85. The van der Waals surface area contributed by atoms with Gasteiger partial charge in [-0.05, 0) is 50.7 Å². The minimum absolute atomic E-state index is 0.115. The third kappa shape index (κ3) is 4.03. The maximum atomic E-state index is 12.6. The van der Waals surface area contributed by atoms with Crippen molar-refractivity contribution in [3.63, 3.8) is 0 Å². The molecule has 0 radical (unpaired) electrons. The molecule has 0 N–H and O–H groups in total. The number of carbonyl (C=O) groups excluding carboxylic acids is 1. The minimum Gasteiger partial charge on any atom is -0.497 e. The van der Waals surface area contributed by atoms with E-state index in [-0.39, 0.29) is 12.1 Å². The van der Waals surface area contributed by atoms with Gasteiger partial charge in [0.1, 0.15) is 17.1 Å². The Bertz CT molecular complexity index is 548. The molecule has 0 aliphatic carbocycles. The number of hydrogen-bond acceptors (Lipinski definition) is 4. The first-order valence-corrected chi connectivity index (χ1v) is 7.76. The summed E-state index contributed by atoms with van der Waals surface area (Å²) in [7, 11) is 3.17. The van der Waals surface area contributed by atoms with Crippen LogP contribution in [0.5, 0.6) is 11.5 Å². The van der Waals surface area contributed by atoms with Gasteiger partial charge in [0.05, 0.1) is 20.3 Å². The molecule has 1 aliphatic rings. The second-order valence-corrected chi connectivity index (χ2v) is 5.52. The second kappa shape index (κ2) is 7.87. The standard InChI is InChI=1S/C18H24O4/c1-13-9-7-5-4-6-8-10-14-11-15(20-2)12-16(21-3)17(14)18(19)22-13/h4-5,11-13H,6-10H2,1-3H3/b5-4-/t13-/m1/s1. The van der Waals surface area contributed by atoms with E-state index in [1.54, 1.807) is 20.3 Å². The van der Waals surface area contributed by atoms with Gasteiger partial charge in [0.2, 0.25) is 0 Å². The molecule has 0 unspecified atom stereocenters. The lowest BCUT2D eigenvalue weighted by atomic mass is 9.99. The largest absolute Gasteiger partial charge is 0.497 e. The van der Waals surface area contributed by atoms with Crippen LogP contribution in [0.2, 0.25) is 0 Å². The molecule has 0 saturated carbocycles. The molecule has 4 heteroatoms. The quantitative estimate of drug-likeness (QED) is 0.613. The lowest BCUT2D eigenvalue weighted by Gasteiger charge is -2.18. The molecule has 1 heterocycles. The number of aryl methyl sites for hydroxylation is 1. The summed E-state index contributed by atoms with van der Waals surface area (Å²) in [5.41, 5.74) is 1.45. The fourth-order valence-corrected chi connectivity index (χ4v) is 2.63. The van der Waals surface area contributed by atoms with Gasteiger partial charge in [0.15, 0.2) is 0 Å². The van der Waals surface area contributed by atoms with Crippen molar-refractivity contribution in [3.8, 4) is 11.5 Å². The fourth-order valence-electron chi connectivity index (χ4n) is 2.63. The van der Waals surface area contributed by atoms with E-state index in [1.807, 2.05) is 13.0 Å². The molecule has 0 fully saturated rings. The summed E-state index contributed by atoms with van der Waals surface area (Å²) in [4.78, 5) is 12.6. The van der Waals surface area contributed by atoms with Crippen LogP contribution < -0.4 is 9.47 Å². The molecule has 1 aromatic rings. The minimum atomic E-state index is -0.313. The highest BCUT2D eigenvalue weighted by Crippen LogP contribution is 2.31. The number of cyclic esters (lactones) is 1. The predicted molar refractivity (Wildman–Crippen MR) is 85.7 cm³/mol. The zero-order valence-corrected chi connectivity index (χ0v) is 13.6. The molecule has 0 amide bonds. The Morgan fingerprint density at radius 2 is 1.91 bits per heavy atom. The molecule has 0 aromatic heterocycles. The summed E-state index contributed by atoms with van der Waals surface area (Å²) in [6, 6.07) is 3.63. The topological polar surface area (TPSA) is 44.8 Å². The highest BCUT2D eigenvalue weighted by molar-refractivity contribution is 5.94. The normalized spacial score (nSPS) is 20.9. The molecule has 22 heavy (non-hydrogen) atoms. The zero-order valence-electron chi connectivity index (χ0n) is 13.6. The maximum Gasteiger partial charge on any atom is 0.342 e. The highest BCUT2D eigenvalue weighted by atomic mass is 16.5. The van der Waals surface area contributed by atoms with Crippen LogP contribution in [-0.4, -0.2) is 26.3 Å². The molecule has 0 bridgehead atoms. The van der Waals surface area contributed by atoms with Crippen molar-refractivity contribution < 1.29 is 19.0 Å². The van der Waals surface area contributed by atoms with Crippen LogP contribution in [0.1, 0.15) is 48.5 Å². The van der Waals surface area contributed by atoms with Crippen LogP contribution in [0.3, 0.4) is 0 Å².